The van der Waals surface area contributed by atoms with E-state index in [1.165, 1.54) is 0 Å². The van der Waals surface area contributed by atoms with E-state index in [1.54, 1.807) is 0 Å². The van der Waals surface area contributed by atoms with Gasteiger partial charge in [0.25, 0.3) is 46.4 Å². The van der Waals surface area contributed by atoms with Crippen LogP contribution in [0.1, 0.15) is 19.3 Å². The second-order valence-corrected chi connectivity index (χ2v) is 85.0. The Hall–Kier alpha value is 3.02. The number of rotatable bonds is 38. The van der Waals surface area contributed by atoms with Crippen molar-refractivity contribution >= 4 is 159 Å². The Labute approximate surface area is 550 Å². The smallest absolute Gasteiger partial charge is 0.365 e. The summed E-state index contributed by atoms with van der Waals surface area (Å²) >= 11 is 0. The third-order valence-corrected chi connectivity index (χ3v) is 81.3. The molecule has 0 amide bonds. The molecular weight excluding hydrogens is 1420 g/mol. The Kier molecular flexibility index (Phi) is 31.5. The highest BCUT2D eigenvalue weighted by Gasteiger charge is 2.52. The van der Waals surface area contributed by atoms with Crippen molar-refractivity contribution in [2.75, 3.05) is 59.5 Å². The zero-order chi connectivity index (χ0) is 64.2. The summed E-state index contributed by atoms with van der Waals surface area (Å²) in [6.45, 7) is 53.1. The zero-order valence-electron chi connectivity index (χ0n) is 57.4. The number of hydrogen-bond acceptors (Lipinski definition) is 22. The molecule has 0 N–H and O–H groups in total. The molecule has 6 rings (SSSR count). The maximum atomic E-state index is 7.48. The highest BCUT2D eigenvalue weighted by molar-refractivity contribution is 6.92. The Morgan fingerprint density at radius 3 is 1.03 bits per heavy atom. The molecule has 22 nitrogen and oxygen atoms in total. The van der Waals surface area contributed by atoms with Crippen molar-refractivity contribution in [2.24, 2.45) is 0 Å². The first-order valence-corrected chi connectivity index (χ1v) is 75.6. The van der Waals surface area contributed by atoms with Crippen LogP contribution in [0.15, 0.2) is 0 Å². The van der Waals surface area contributed by atoms with Crippen LogP contribution in [-0.4, -0.2) is 237 Å². The van der Waals surface area contributed by atoms with Gasteiger partial charge in [-0.2, -0.15) is 0 Å². The van der Waals surface area contributed by atoms with E-state index >= 15 is 0 Å². The van der Waals surface area contributed by atoms with Gasteiger partial charge in [0.2, 0.25) is 0 Å². The van der Waals surface area contributed by atoms with Gasteiger partial charge >= 0.3 is 79.2 Å². The van der Waals surface area contributed by atoms with Crippen LogP contribution in [0.3, 0.4) is 0 Å². The summed E-state index contributed by atoms with van der Waals surface area (Å²) in [5.41, 5.74) is 0. The van der Waals surface area contributed by atoms with Crippen molar-refractivity contribution in [1.82, 2.24) is 0 Å². The fourth-order valence-electron chi connectivity index (χ4n) is 11.7. The van der Waals surface area contributed by atoms with Crippen LogP contribution < -0.4 is 0 Å². The van der Waals surface area contributed by atoms with Crippen molar-refractivity contribution in [3.63, 3.8) is 0 Å². The van der Waals surface area contributed by atoms with E-state index in [1.807, 2.05) is 0 Å². The Morgan fingerprint density at radius 2 is 0.690 bits per heavy atom. The molecule has 6 aliphatic heterocycles. The fourth-order valence-corrected chi connectivity index (χ4v) is 92.4. The van der Waals surface area contributed by atoms with Crippen molar-refractivity contribution in [1.29, 1.82) is 0 Å². The predicted octanol–water partition coefficient (Wildman–Crippen LogP) is 8.94. The minimum absolute atomic E-state index is 0.221. The van der Waals surface area contributed by atoms with E-state index in [-0.39, 0.29) is 18.3 Å². The normalized spacial score (nSPS) is 33.3. The monoisotopic (exact) mass is 1540 g/mol. The molecule has 0 aliphatic carbocycles. The second-order valence-electron chi connectivity index (χ2n) is 28.5. The third-order valence-electron chi connectivity index (χ3n) is 15.3. The first kappa shape index (κ1) is 79.0. The van der Waals surface area contributed by atoms with E-state index in [9.17, 15) is 0 Å². The molecule has 0 aromatic heterocycles. The molecule has 6 heterocycles. The molecule has 0 saturated carbocycles. The minimum Gasteiger partial charge on any atom is -0.437 e. The van der Waals surface area contributed by atoms with Gasteiger partial charge in [-0.3, -0.25) is 0 Å². The highest BCUT2D eigenvalue weighted by Crippen LogP contribution is 2.37. The lowest BCUT2D eigenvalue weighted by Gasteiger charge is -2.45. The summed E-state index contributed by atoms with van der Waals surface area (Å²) in [7, 11) is -39.7. The summed E-state index contributed by atoms with van der Waals surface area (Å²) < 4.78 is 145. The van der Waals surface area contributed by atoms with Crippen molar-refractivity contribution in [3.8, 4) is 0 Å². The summed E-state index contributed by atoms with van der Waals surface area (Å²) in [6.07, 6.45) is 3.34. The molecule has 3 radical (unpaired) electrons. The Bertz CT molecular complexity index is 2050. The highest BCUT2D eigenvalue weighted by atomic mass is 28.5. The van der Waals surface area contributed by atoms with Crippen LogP contribution in [0.2, 0.25) is 204 Å². The van der Waals surface area contributed by atoms with Crippen LogP contribution in [-0.2, 0) is 94.3 Å². The van der Waals surface area contributed by atoms with Gasteiger partial charge in [0.05, 0.1) is 39.6 Å². The molecule has 509 valence electrons. The SMILES string of the molecule is C[SiH]1O[Si](CC[Si](C)(C)O[Si](C)(C)O[Si](C)(C)CC[Si]2O[SiH](C)O[Si](C)(CC[Si](C)(C)O[Si](C)(C)O[Si](C)(C)CC[Si]3O[SiH](C)O[Si@@H](C)O[Si](C)(CCCOCC4CO4)O3)O[Si](C)(CCCOCC3CO3)O2)O[Si](C)(CCCOCC2CO2)O[SiH](C)O1. The van der Waals surface area contributed by atoms with Crippen molar-refractivity contribution in [3.05, 3.63) is 0 Å². The summed E-state index contributed by atoms with van der Waals surface area (Å²) in [5, 5.41) is 0. The zero-order valence-corrected chi connectivity index (χ0v) is 76.1. The third kappa shape index (κ3) is 32.5. The van der Waals surface area contributed by atoms with Crippen LogP contribution >= 0.6 is 0 Å². The van der Waals surface area contributed by atoms with Gasteiger partial charge in [-0.1, -0.05) is 0 Å². The molecule has 0 aromatic rings. The largest absolute Gasteiger partial charge is 0.437 e. The van der Waals surface area contributed by atoms with Gasteiger partial charge in [0.15, 0.2) is 33.3 Å². The van der Waals surface area contributed by atoms with E-state index in [2.05, 4.69) is 137 Å². The molecule has 12 atom stereocenters. The molecule has 40 heteroatoms. The average Bonchev–Trinajstić information content (AvgIpc) is 2.18. The van der Waals surface area contributed by atoms with Crippen LogP contribution in [0.4, 0.5) is 0 Å². The molecule has 0 aromatic carbocycles. The fraction of sp³-hybridized carbons (Fsp3) is 1.00. The number of hydrogen-bond donors (Lipinski definition) is 0. The maximum Gasteiger partial charge on any atom is 0.365 e. The number of epoxide rings is 3. The molecule has 6 fully saturated rings. The molecular formula is C47H117O22Si18. The van der Waals surface area contributed by atoms with E-state index in [0.717, 1.165) is 106 Å². The van der Waals surface area contributed by atoms with E-state index in [0.29, 0.717) is 39.6 Å². The first-order chi connectivity index (χ1) is 40.3. The second kappa shape index (κ2) is 34.7. The van der Waals surface area contributed by atoms with Gasteiger partial charge in [-0.25, -0.2) is 0 Å². The lowest BCUT2D eigenvalue weighted by atomic mass is 10.5. The predicted molar refractivity (Wildman–Crippen MR) is 379 cm³/mol. The molecule has 0 spiro atoms. The average molecular weight is 1540 g/mol. The number of ether oxygens (including phenoxy) is 6. The summed E-state index contributed by atoms with van der Waals surface area (Å²) in [6, 6.07) is 9.32. The topological polar surface area (TPSA) is 213 Å². The van der Waals surface area contributed by atoms with Crippen LogP contribution in [0, 0.1) is 0 Å². The quantitative estimate of drug-likeness (QED) is 0.0320. The summed E-state index contributed by atoms with van der Waals surface area (Å²) in [5.74, 6) is 0. The van der Waals surface area contributed by atoms with Gasteiger partial charge in [-0.05, 0) is 223 Å². The molecule has 11 unspecified atom stereocenters. The summed E-state index contributed by atoms with van der Waals surface area (Å²) in [4.78, 5) is 0. The van der Waals surface area contributed by atoms with Crippen LogP contribution in [0.5, 0.6) is 0 Å². The van der Waals surface area contributed by atoms with Crippen molar-refractivity contribution < 1.29 is 94.3 Å². The van der Waals surface area contributed by atoms with Gasteiger partial charge in [-0.15, -0.1) is 0 Å². The standard InChI is InChI=1S/C47H117O22Si18/c1-70-54-72(3)59-84(18,31-22-25-48-39-45-42-51-45)62-75(56-70)28-34-78(6,7)65-82(14,15)66-80(10,11)36-30-77-58-74(5)61-87(21,69-86(20,64-77)33-24-27-50-41-47-44-53-47)38-37-81(12,13)68-83(16,17)67-79(8,9)35-29-76-57-71(2)55-73(4)60-85(19,63-76)32-23-26-49-40-46-43-52-46/h45-47,70-74H,22-44H2,1-21H3/t45?,46?,47?,70?,71?,72?,73-,74?,84?,85?,86?,87?/m1/s1. The molecule has 0 bridgehead atoms. The van der Waals surface area contributed by atoms with Crippen molar-refractivity contribution in [2.45, 2.75) is 242 Å². The molecule has 6 saturated heterocycles. The Balaban J connectivity index is 1.00. The molecule has 87 heavy (non-hydrogen) atoms. The maximum absolute atomic E-state index is 7.48. The van der Waals surface area contributed by atoms with E-state index in [4.69, 9.17) is 94.3 Å². The lowest BCUT2D eigenvalue weighted by Crippen LogP contribution is -2.60. The first-order valence-electron chi connectivity index (χ1n) is 32.4. The van der Waals surface area contributed by atoms with Gasteiger partial charge in [0.1, 0.15) is 18.3 Å². The van der Waals surface area contributed by atoms with Crippen LogP contribution in [0.25, 0.3) is 0 Å². The lowest BCUT2D eigenvalue weighted by molar-refractivity contribution is 0.115. The minimum atomic E-state index is -2.85. The van der Waals surface area contributed by atoms with E-state index < -0.39 is 159 Å². The Morgan fingerprint density at radius 1 is 0.391 bits per heavy atom. The van der Waals surface area contributed by atoms with Gasteiger partial charge < -0.3 is 94.3 Å². The molecule has 6 aliphatic rings. The van der Waals surface area contributed by atoms with Gasteiger partial charge in [0, 0.05) is 19.8 Å².